The predicted octanol–water partition coefficient (Wildman–Crippen LogP) is 3.52. The first-order valence-electron chi connectivity index (χ1n) is 6.17. The zero-order valence-corrected chi connectivity index (χ0v) is 14.0. The molecule has 22 heavy (non-hydrogen) atoms. The minimum Gasteiger partial charge on any atom is -0.462 e. The highest BCUT2D eigenvalue weighted by atomic mass is 79.9. The molecule has 8 heteroatoms. The van der Waals surface area contributed by atoms with Gasteiger partial charge in [-0.25, -0.2) is 14.2 Å². The number of rotatable bonds is 5. The van der Waals surface area contributed by atoms with E-state index < -0.39 is 11.1 Å². The van der Waals surface area contributed by atoms with E-state index in [-0.39, 0.29) is 12.4 Å². The molecule has 0 aromatic heterocycles. The molecule has 122 valence electrons. The van der Waals surface area contributed by atoms with Crippen LogP contribution < -0.4 is 0 Å². The summed E-state index contributed by atoms with van der Waals surface area (Å²) in [6.45, 7) is 2.01. The fourth-order valence-electron chi connectivity index (χ4n) is 1.36. The smallest absolute Gasteiger partial charge is 0.338 e. The molecule has 0 saturated heterocycles. The van der Waals surface area contributed by atoms with Crippen molar-refractivity contribution in [3.05, 3.63) is 35.4 Å². The first-order valence-corrected chi connectivity index (χ1v) is 7.09. The Morgan fingerprint density at radius 1 is 1.41 bits per heavy atom. The molecule has 0 bridgehead atoms. The van der Waals surface area contributed by atoms with Crippen molar-refractivity contribution in [2.45, 2.75) is 12.0 Å². The summed E-state index contributed by atoms with van der Waals surface area (Å²) in [5.41, 5.74) is 0.876. The number of ether oxygens (including phenoxy) is 1. The lowest BCUT2D eigenvalue weighted by atomic mass is 10.1. The highest BCUT2D eigenvalue weighted by molar-refractivity contribution is 9.09. The van der Waals surface area contributed by atoms with Crippen LogP contribution in [0.3, 0.4) is 0 Å². The summed E-state index contributed by atoms with van der Waals surface area (Å²) in [4.78, 5) is 20.2. The monoisotopic (exact) mass is 378 g/mol. The number of carbonyl (C=O) groups is 1. The second kappa shape index (κ2) is 11.8. The molecule has 5 nitrogen and oxygen atoms in total. The van der Waals surface area contributed by atoms with E-state index in [9.17, 15) is 13.6 Å². The fourth-order valence-corrected chi connectivity index (χ4v) is 1.48. The van der Waals surface area contributed by atoms with Gasteiger partial charge in [-0.3, -0.25) is 4.39 Å². The Hall–Kier alpha value is -1.83. The number of hydrogen-bond acceptors (Lipinski definition) is 4. The van der Waals surface area contributed by atoms with Crippen molar-refractivity contribution in [2.24, 2.45) is 10.1 Å². The number of alkyl halides is 3. The summed E-state index contributed by atoms with van der Waals surface area (Å²) in [5, 5.41) is 2.30. The van der Waals surface area contributed by atoms with E-state index in [1.807, 2.05) is 0 Å². The average molecular weight is 379 g/mol. The summed E-state index contributed by atoms with van der Waals surface area (Å²) in [7, 11) is 1.85. The number of carbonyl (C=O) groups excluding carboxylic acids is 1. The molecular formula is C14H17BrF2N2O3. The number of benzene rings is 1. The average Bonchev–Trinajstić information content (AvgIpc) is 2.53. The van der Waals surface area contributed by atoms with Crippen molar-refractivity contribution in [3.63, 3.8) is 0 Å². The van der Waals surface area contributed by atoms with E-state index in [4.69, 9.17) is 4.74 Å². The van der Waals surface area contributed by atoms with Gasteiger partial charge in [0, 0.05) is 5.56 Å². The van der Waals surface area contributed by atoms with Gasteiger partial charge in [0.2, 0.25) is 0 Å². The lowest BCUT2D eigenvalue weighted by Gasteiger charge is -2.04. The molecule has 0 N–H and O–H groups in total. The lowest BCUT2D eigenvalue weighted by molar-refractivity contribution is 0.0526. The van der Waals surface area contributed by atoms with Gasteiger partial charge in [-0.05, 0) is 35.0 Å². The van der Waals surface area contributed by atoms with E-state index >= 15 is 0 Å². The quantitative estimate of drug-likeness (QED) is 0.259. The molecule has 0 aliphatic heterocycles. The van der Waals surface area contributed by atoms with Crippen LogP contribution in [0, 0.1) is 0 Å². The number of hydrogen-bond donors (Lipinski definition) is 0. The van der Waals surface area contributed by atoms with Crippen LogP contribution in [-0.4, -0.2) is 44.0 Å². The van der Waals surface area contributed by atoms with Gasteiger partial charge in [0.05, 0.1) is 25.6 Å². The van der Waals surface area contributed by atoms with Crippen LogP contribution in [0.2, 0.25) is 0 Å². The normalized spacial score (nSPS) is 12.4. The zero-order chi connectivity index (χ0) is 17.0. The topological polar surface area (TPSA) is 60.2 Å². The number of esters is 1. The van der Waals surface area contributed by atoms with Gasteiger partial charge in [0.25, 0.3) is 0 Å². The number of oxime groups is 1. The highest BCUT2D eigenvalue weighted by Gasteiger charge is 2.10. The molecule has 0 heterocycles. The first kappa shape index (κ1) is 20.2. The second-order valence-corrected chi connectivity index (χ2v) is 4.39. The molecule has 1 aromatic carbocycles. The van der Waals surface area contributed by atoms with Crippen molar-refractivity contribution in [1.29, 1.82) is 0 Å². The van der Waals surface area contributed by atoms with Crippen LogP contribution in [0.5, 0.6) is 0 Å². The van der Waals surface area contributed by atoms with Gasteiger partial charge in [0.1, 0.15) is 7.11 Å². The van der Waals surface area contributed by atoms with Crippen molar-refractivity contribution in [1.82, 2.24) is 0 Å². The Kier molecular flexibility index (Phi) is 10.8. The third-order valence-electron chi connectivity index (χ3n) is 2.12. The number of amidine groups is 1. The first-order chi connectivity index (χ1) is 10.6. The van der Waals surface area contributed by atoms with Gasteiger partial charge < -0.3 is 9.57 Å². The number of halogens is 3. The Balaban J connectivity index is 0.00000211. The van der Waals surface area contributed by atoms with Crippen LogP contribution in [0.25, 0.3) is 0 Å². The number of nitrogens with zero attached hydrogens (tertiary/aromatic N) is 2. The molecule has 0 aliphatic carbocycles. The molecule has 0 saturated carbocycles. The Morgan fingerprint density at radius 2 is 2.05 bits per heavy atom. The summed E-state index contributed by atoms with van der Waals surface area (Å²) in [6, 6.07) is 6.50. The third-order valence-corrected chi connectivity index (χ3v) is 2.36. The van der Waals surface area contributed by atoms with Gasteiger partial charge >= 0.3 is 5.97 Å². The summed E-state index contributed by atoms with van der Waals surface area (Å²) in [5.74, 6) is -0.292. The largest absolute Gasteiger partial charge is 0.462 e. The fraction of sp³-hybridized carbons (Fsp3) is 0.357. The summed E-state index contributed by atoms with van der Waals surface area (Å²) in [6.07, 6.45) is 1.02. The van der Waals surface area contributed by atoms with Crippen LogP contribution >= 0.6 is 15.9 Å². The standard InChI is InChI=1S/C13H14BrFN2O3.CH3F/c1-3-20-13(18)10-6-4-5-9(7-10)12(17-19-2)16-8-11(14)15;1-2/h4-8,11H,3H2,1-2H3;1H3/b16-8?,17-12-;. The SMILES string of the molecule is CCOC(=O)c1cccc(/C(N=CC(F)Br)=N/OC)c1.CF. The van der Waals surface area contributed by atoms with E-state index in [1.54, 1.807) is 31.2 Å². The number of aliphatic imine (C=N–C) groups is 1. The molecule has 0 aliphatic rings. The van der Waals surface area contributed by atoms with E-state index in [0.29, 0.717) is 18.3 Å². The molecule has 1 unspecified atom stereocenters. The molecular weight excluding hydrogens is 362 g/mol. The molecule has 0 radical (unpaired) electrons. The maximum atomic E-state index is 12.7. The van der Waals surface area contributed by atoms with Crippen molar-refractivity contribution < 1.29 is 23.1 Å². The van der Waals surface area contributed by atoms with Crippen molar-refractivity contribution in [3.8, 4) is 0 Å². The maximum absolute atomic E-state index is 12.7. The Labute approximate surface area is 136 Å². The van der Waals surface area contributed by atoms with E-state index in [0.717, 1.165) is 6.21 Å². The minimum atomic E-state index is -1.39. The van der Waals surface area contributed by atoms with E-state index in [2.05, 4.69) is 30.9 Å². The molecule has 1 aromatic rings. The van der Waals surface area contributed by atoms with Gasteiger partial charge in [-0.1, -0.05) is 17.3 Å². The van der Waals surface area contributed by atoms with Gasteiger partial charge in [-0.15, -0.1) is 0 Å². The maximum Gasteiger partial charge on any atom is 0.338 e. The Bertz CT molecular complexity index is 523. The summed E-state index contributed by atoms with van der Waals surface area (Å²) >= 11 is 2.70. The molecule has 1 atom stereocenters. The molecule has 0 fully saturated rings. The predicted molar refractivity (Wildman–Crippen MR) is 85.3 cm³/mol. The Morgan fingerprint density at radius 3 is 2.59 bits per heavy atom. The molecule has 0 spiro atoms. The van der Waals surface area contributed by atoms with Crippen LogP contribution in [0.1, 0.15) is 22.8 Å². The zero-order valence-electron chi connectivity index (χ0n) is 12.4. The van der Waals surface area contributed by atoms with E-state index in [1.165, 1.54) is 7.11 Å². The minimum absolute atomic E-state index is 0.153. The van der Waals surface area contributed by atoms with Crippen LogP contribution in [0.15, 0.2) is 34.4 Å². The van der Waals surface area contributed by atoms with Gasteiger partial charge in [-0.2, -0.15) is 0 Å². The van der Waals surface area contributed by atoms with Crippen LogP contribution in [0.4, 0.5) is 8.78 Å². The van der Waals surface area contributed by atoms with Crippen molar-refractivity contribution in [2.75, 3.05) is 20.9 Å². The summed E-state index contributed by atoms with van der Waals surface area (Å²) < 4.78 is 27.1. The van der Waals surface area contributed by atoms with Gasteiger partial charge in [0.15, 0.2) is 10.9 Å². The molecule has 1 rings (SSSR count). The molecule has 0 amide bonds. The highest BCUT2D eigenvalue weighted by Crippen LogP contribution is 2.10. The second-order valence-electron chi connectivity index (χ2n) is 3.51. The van der Waals surface area contributed by atoms with Crippen molar-refractivity contribution >= 4 is 33.9 Å². The van der Waals surface area contributed by atoms with Crippen LogP contribution in [-0.2, 0) is 9.57 Å². The third kappa shape index (κ3) is 7.26. The lowest BCUT2D eigenvalue weighted by Crippen LogP contribution is -2.07.